The van der Waals surface area contributed by atoms with Crippen LogP contribution in [0, 0.1) is 0 Å². The van der Waals surface area contributed by atoms with Gasteiger partial charge < -0.3 is 14.8 Å². The Bertz CT molecular complexity index is 1350. The maximum absolute atomic E-state index is 12.8. The summed E-state index contributed by atoms with van der Waals surface area (Å²) in [6.07, 6.45) is 1.54. The minimum Gasteiger partial charge on any atom is -0.497 e. The number of nitrogens with zero attached hydrogens (tertiary/aromatic N) is 3. The van der Waals surface area contributed by atoms with Gasteiger partial charge >= 0.3 is 0 Å². The average molecular weight is 452 g/mol. The number of pyridine rings is 1. The molecule has 0 aliphatic heterocycles. The molecule has 2 N–H and O–H groups in total. The first kappa shape index (κ1) is 21.3. The van der Waals surface area contributed by atoms with Crippen LogP contribution in [-0.4, -0.2) is 37.6 Å². The molecule has 2 heterocycles. The van der Waals surface area contributed by atoms with Crippen LogP contribution in [0.25, 0.3) is 11.0 Å². The Balaban J connectivity index is 1.74. The van der Waals surface area contributed by atoms with Crippen molar-refractivity contribution in [2.45, 2.75) is 5.75 Å². The summed E-state index contributed by atoms with van der Waals surface area (Å²) < 4.78 is 38.9. The Morgan fingerprint density at radius 3 is 2.25 bits per heavy atom. The zero-order valence-corrected chi connectivity index (χ0v) is 18.3. The van der Waals surface area contributed by atoms with Crippen LogP contribution in [0.1, 0.15) is 5.69 Å². The fraction of sp³-hybridized carbons (Fsp3) is 0.136. The number of benzene rings is 2. The highest BCUT2D eigenvalue weighted by atomic mass is 32.2. The molecule has 0 spiro atoms. The summed E-state index contributed by atoms with van der Waals surface area (Å²) in [5, 5.41) is 3.12. The standard InChI is InChI=1S/C22H21N5O4S/c1-30-16-10-11-20(31-2)19(13-16)26-21-22(25-18-9-4-3-8-17(18)24-21)27-32(28,29)14-15-7-5-6-12-23-15/h3-13H,14H2,1-2H3,(H,24,26)(H,25,27). The van der Waals surface area contributed by atoms with E-state index in [2.05, 4.69) is 25.0 Å². The average Bonchev–Trinajstić information content (AvgIpc) is 2.79. The third-order valence-corrected chi connectivity index (χ3v) is 5.73. The number of hydrogen-bond acceptors (Lipinski definition) is 8. The number of anilines is 3. The van der Waals surface area contributed by atoms with E-state index >= 15 is 0 Å². The van der Waals surface area contributed by atoms with Gasteiger partial charge in [-0.05, 0) is 36.4 Å². The molecule has 4 aromatic rings. The molecule has 0 bridgehead atoms. The van der Waals surface area contributed by atoms with Gasteiger partial charge in [-0.2, -0.15) is 0 Å². The second kappa shape index (κ2) is 9.06. The molecule has 0 amide bonds. The van der Waals surface area contributed by atoms with Crippen LogP contribution in [-0.2, 0) is 15.8 Å². The van der Waals surface area contributed by atoms with Crippen molar-refractivity contribution in [2.75, 3.05) is 24.3 Å². The van der Waals surface area contributed by atoms with Crippen LogP contribution >= 0.6 is 0 Å². The van der Waals surface area contributed by atoms with Gasteiger partial charge in [0.2, 0.25) is 10.0 Å². The number of methoxy groups -OCH3 is 2. The van der Waals surface area contributed by atoms with Crippen LogP contribution < -0.4 is 19.5 Å². The summed E-state index contributed by atoms with van der Waals surface area (Å²) in [5.74, 6) is 1.11. The normalized spacial score (nSPS) is 11.2. The predicted molar refractivity (Wildman–Crippen MR) is 123 cm³/mol. The van der Waals surface area contributed by atoms with Gasteiger partial charge in [-0.25, -0.2) is 18.4 Å². The van der Waals surface area contributed by atoms with Gasteiger partial charge in [-0.3, -0.25) is 9.71 Å². The lowest BCUT2D eigenvalue weighted by molar-refractivity contribution is 0.405. The Kier molecular flexibility index (Phi) is 6.04. The fourth-order valence-electron chi connectivity index (χ4n) is 3.06. The molecule has 0 atom stereocenters. The van der Waals surface area contributed by atoms with Gasteiger partial charge in [0, 0.05) is 12.3 Å². The monoisotopic (exact) mass is 451 g/mol. The number of sulfonamides is 1. The van der Waals surface area contributed by atoms with Crippen LogP contribution in [0.15, 0.2) is 66.9 Å². The molecule has 10 heteroatoms. The minimum atomic E-state index is -3.81. The highest BCUT2D eigenvalue weighted by Crippen LogP contribution is 2.33. The molecular weight excluding hydrogens is 430 g/mol. The largest absolute Gasteiger partial charge is 0.497 e. The fourth-order valence-corrected chi connectivity index (χ4v) is 4.13. The van der Waals surface area contributed by atoms with E-state index in [-0.39, 0.29) is 17.4 Å². The van der Waals surface area contributed by atoms with Gasteiger partial charge in [0.25, 0.3) is 0 Å². The molecule has 0 saturated carbocycles. The van der Waals surface area contributed by atoms with Crippen molar-refractivity contribution in [3.05, 3.63) is 72.6 Å². The molecule has 4 rings (SSSR count). The van der Waals surface area contributed by atoms with Crippen molar-refractivity contribution in [1.29, 1.82) is 0 Å². The summed E-state index contributed by atoms with van der Waals surface area (Å²) >= 11 is 0. The molecule has 0 fully saturated rings. The van der Waals surface area contributed by atoms with Crippen molar-refractivity contribution in [1.82, 2.24) is 15.0 Å². The van der Waals surface area contributed by atoms with Crippen molar-refractivity contribution in [3.63, 3.8) is 0 Å². The second-order valence-corrected chi connectivity index (χ2v) is 8.51. The Morgan fingerprint density at radius 1 is 0.875 bits per heavy atom. The SMILES string of the molecule is COc1ccc(OC)c(Nc2nc3ccccc3nc2NS(=O)(=O)Cc2ccccn2)c1. The molecule has 32 heavy (non-hydrogen) atoms. The Morgan fingerprint density at radius 2 is 1.59 bits per heavy atom. The van der Waals surface area contributed by atoms with E-state index in [0.717, 1.165) is 0 Å². The summed E-state index contributed by atoms with van der Waals surface area (Å²) in [6.45, 7) is 0. The molecule has 0 saturated heterocycles. The molecule has 0 aliphatic carbocycles. The molecule has 164 valence electrons. The Labute approximate surface area is 185 Å². The third kappa shape index (κ3) is 4.86. The highest BCUT2D eigenvalue weighted by molar-refractivity contribution is 7.91. The number of nitrogens with one attached hydrogen (secondary N) is 2. The van der Waals surface area contributed by atoms with Gasteiger partial charge in [0.1, 0.15) is 17.3 Å². The number of para-hydroxylation sites is 2. The lowest BCUT2D eigenvalue weighted by Gasteiger charge is -2.16. The molecule has 9 nitrogen and oxygen atoms in total. The van der Waals surface area contributed by atoms with Crippen LogP contribution in [0.5, 0.6) is 11.5 Å². The van der Waals surface area contributed by atoms with Gasteiger partial charge in [0.05, 0.1) is 36.6 Å². The number of hydrogen-bond donors (Lipinski definition) is 2. The van der Waals surface area contributed by atoms with Crippen molar-refractivity contribution in [2.24, 2.45) is 0 Å². The van der Waals surface area contributed by atoms with Crippen molar-refractivity contribution < 1.29 is 17.9 Å². The van der Waals surface area contributed by atoms with E-state index in [0.29, 0.717) is 33.9 Å². The highest BCUT2D eigenvalue weighted by Gasteiger charge is 2.19. The third-order valence-electron chi connectivity index (χ3n) is 4.55. The lowest BCUT2D eigenvalue weighted by atomic mass is 10.2. The molecule has 0 radical (unpaired) electrons. The Hall–Kier alpha value is -3.92. The summed E-state index contributed by atoms with van der Waals surface area (Å²) in [7, 11) is -0.719. The minimum absolute atomic E-state index is 0.0597. The lowest BCUT2D eigenvalue weighted by Crippen LogP contribution is -2.18. The van der Waals surface area contributed by atoms with Crippen LogP contribution in [0.2, 0.25) is 0 Å². The van der Waals surface area contributed by atoms with E-state index in [1.807, 2.05) is 6.07 Å². The van der Waals surface area contributed by atoms with Crippen molar-refractivity contribution >= 4 is 38.4 Å². The molecule has 0 aliphatic rings. The van der Waals surface area contributed by atoms with E-state index in [9.17, 15) is 8.42 Å². The zero-order chi connectivity index (χ0) is 22.6. The van der Waals surface area contributed by atoms with E-state index in [1.165, 1.54) is 7.11 Å². The number of aromatic nitrogens is 3. The van der Waals surface area contributed by atoms with E-state index in [4.69, 9.17) is 9.47 Å². The summed E-state index contributed by atoms with van der Waals surface area (Å²) in [6, 6.07) is 17.5. The van der Waals surface area contributed by atoms with E-state index < -0.39 is 10.0 Å². The zero-order valence-electron chi connectivity index (χ0n) is 17.4. The first-order valence-electron chi connectivity index (χ1n) is 9.63. The molecule has 2 aromatic carbocycles. The number of fused-ring (bicyclic) bond motifs is 1. The summed E-state index contributed by atoms with van der Waals surface area (Å²) in [4.78, 5) is 13.2. The van der Waals surface area contributed by atoms with E-state index in [1.54, 1.807) is 67.9 Å². The van der Waals surface area contributed by atoms with Gasteiger partial charge in [-0.15, -0.1) is 0 Å². The number of ether oxygens (including phenoxy) is 2. The second-order valence-electron chi connectivity index (χ2n) is 6.78. The number of rotatable bonds is 8. The van der Waals surface area contributed by atoms with Crippen LogP contribution in [0.4, 0.5) is 17.3 Å². The molecule has 2 aromatic heterocycles. The first-order valence-corrected chi connectivity index (χ1v) is 11.3. The maximum Gasteiger partial charge on any atom is 0.239 e. The van der Waals surface area contributed by atoms with Gasteiger partial charge in [-0.1, -0.05) is 18.2 Å². The van der Waals surface area contributed by atoms with Crippen molar-refractivity contribution in [3.8, 4) is 11.5 Å². The molecule has 0 unspecified atom stereocenters. The maximum atomic E-state index is 12.8. The topological polar surface area (TPSA) is 115 Å². The molecular formula is C22H21N5O4S. The van der Waals surface area contributed by atoms with Crippen LogP contribution in [0.3, 0.4) is 0 Å². The van der Waals surface area contributed by atoms with Gasteiger partial charge in [0.15, 0.2) is 11.6 Å². The predicted octanol–water partition coefficient (Wildman–Crippen LogP) is 3.73. The first-order chi connectivity index (χ1) is 15.5. The summed E-state index contributed by atoms with van der Waals surface area (Å²) in [5.41, 5.74) is 2.11. The smallest absolute Gasteiger partial charge is 0.239 e. The quantitative estimate of drug-likeness (QED) is 0.416.